The summed E-state index contributed by atoms with van der Waals surface area (Å²) >= 11 is 5.57. The van der Waals surface area contributed by atoms with Gasteiger partial charge in [0.05, 0.1) is 5.56 Å². The lowest BCUT2D eigenvalue weighted by Crippen LogP contribution is -2.11. The van der Waals surface area contributed by atoms with Crippen molar-refractivity contribution in [1.29, 1.82) is 0 Å². The van der Waals surface area contributed by atoms with E-state index in [1.54, 1.807) is 0 Å². The third-order valence-corrected chi connectivity index (χ3v) is 2.05. The molecule has 0 N–H and O–H groups in total. The number of hydrogen-bond acceptors (Lipinski definition) is 2. The predicted octanol–water partition coefficient (Wildman–Crippen LogP) is 3.09. The largest absolute Gasteiger partial charge is 0.373 e. The maximum absolute atomic E-state index is 13.2. The highest BCUT2D eigenvalue weighted by atomic mass is 35.5. The molecule has 1 rings (SSSR count). The van der Waals surface area contributed by atoms with E-state index in [9.17, 15) is 9.18 Å². The molecule has 0 spiro atoms. The van der Waals surface area contributed by atoms with Crippen molar-refractivity contribution in [3.05, 3.63) is 34.6 Å². The molecule has 15 heavy (non-hydrogen) atoms. The minimum absolute atomic E-state index is 0.0236. The fourth-order valence-electron chi connectivity index (χ4n) is 1.10. The minimum Gasteiger partial charge on any atom is -0.373 e. The number of halogens is 2. The second-order valence-electron chi connectivity index (χ2n) is 3.10. The van der Waals surface area contributed by atoms with Crippen LogP contribution in [0, 0.1) is 5.82 Å². The summed E-state index contributed by atoms with van der Waals surface area (Å²) < 4.78 is 18.3. The predicted molar refractivity (Wildman–Crippen MR) is 56.9 cm³/mol. The van der Waals surface area contributed by atoms with E-state index in [-0.39, 0.29) is 23.0 Å². The number of benzene rings is 1. The molecule has 0 fully saturated rings. The first kappa shape index (κ1) is 12.1. The summed E-state index contributed by atoms with van der Waals surface area (Å²) in [4.78, 5) is 11.4. The zero-order valence-electron chi connectivity index (χ0n) is 8.43. The summed E-state index contributed by atoms with van der Waals surface area (Å²) in [5.41, 5.74) is 0.0236. The maximum Gasteiger partial charge on any atom is 0.191 e. The number of Topliss-reactive ketones (excluding diaryl/α,β-unsaturated/α-hetero) is 1. The summed E-state index contributed by atoms with van der Waals surface area (Å²) in [5, 5.41) is 0.276. The Kier molecular flexibility index (Phi) is 4.72. The number of rotatable bonds is 5. The first-order chi connectivity index (χ1) is 7.15. The fraction of sp³-hybridized carbons (Fsp3) is 0.364. The van der Waals surface area contributed by atoms with E-state index in [0.29, 0.717) is 6.61 Å². The second-order valence-corrected chi connectivity index (χ2v) is 3.54. The van der Waals surface area contributed by atoms with Crippen LogP contribution in [0.5, 0.6) is 0 Å². The average Bonchev–Trinajstić information content (AvgIpc) is 2.17. The molecule has 2 nitrogen and oxygen atoms in total. The van der Waals surface area contributed by atoms with Gasteiger partial charge in [-0.25, -0.2) is 4.39 Å². The van der Waals surface area contributed by atoms with Crippen molar-refractivity contribution in [3.63, 3.8) is 0 Å². The molecule has 0 radical (unpaired) electrons. The average molecular weight is 231 g/mol. The molecule has 0 saturated heterocycles. The zero-order chi connectivity index (χ0) is 11.3. The molecule has 0 aliphatic rings. The lowest BCUT2D eigenvalue weighted by Gasteiger charge is -2.03. The first-order valence-corrected chi connectivity index (χ1v) is 5.09. The van der Waals surface area contributed by atoms with Gasteiger partial charge in [0.15, 0.2) is 5.78 Å². The Labute approximate surface area is 93.0 Å². The monoisotopic (exact) mass is 230 g/mol. The van der Waals surface area contributed by atoms with Gasteiger partial charge in [-0.15, -0.1) is 0 Å². The van der Waals surface area contributed by atoms with Crippen molar-refractivity contribution in [2.24, 2.45) is 0 Å². The molecule has 0 aromatic heterocycles. The number of hydrogen-bond donors (Lipinski definition) is 0. The van der Waals surface area contributed by atoms with Gasteiger partial charge in [0, 0.05) is 11.6 Å². The summed E-state index contributed by atoms with van der Waals surface area (Å²) in [7, 11) is 0. The normalized spacial score (nSPS) is 10.3. The van der Waals surface area contributed by atoms with Gasteiger partial charge in [0.2, 0.25) is 0 Å². The quantitative estimate of drug-likeness (QED) is 0.574. The molecule has 4 heteroatoms. The van der Waals surface area contributed by atoms with Crippen LogP contribution in [-0.2, 0) is 4.74 Å². The van der Waals surface area contributed by atoms with Crippen LogP contribution < -0.4 is 0 Å². The van der Waals surface area contributed by atoms with Crippen LogP contribution in [0.15, 0.2) is 18.2 Å². The molecule has 0 saturated carbocycles. The minimum atomic E-state index is -0.604. The Morgan fingerprint density at radius 2 is 2.27 bits per heavy atom. The van der Waals surface area contributed by atoms with Crippen molar-refractivity contribution in [1.82, 2.24) is 0 Å². The molecule has 0 amide bonds. The van der Waals surface area contributed by atoms with Crippen LogP contribution in [-0.4, -0.2) is 19.0 Å². The number of carbonyl (C=O) groups excluding carboxylic acids is 1. The Morgan fingerprint density at radius 3 is 2.87 bits per heavy atom. The van der Waals surface area contributed by atoms with Gasteiger partial charge < -0.3 is 4.74 Å². The van der Waals surface area contributed by atoms with Crippen LogP contribution in [0.1, 0.15) is 23.7 Å². The number of ether oxygens (including phenoxy) is 1. The van der Waals surface area contributed by atoms with E-state index < -0.39 is 5.82 Å². The molecule has 0 aliphatic carbocycles. The fourth-order valence-corrected chi connectivity index (χ4v) is 1.26. The smallest absolute Gasteiger partial charge is 0.191 e. The van der Waals surface area contributed by atoms with Crippen molar-refractivity contribution < 1.29 is 13.9 Å². The van der Waals surface area contributed by atoms with Crippen molar-refractivity contribution in [2.75, 3.05) is 13.2 Å². The van der Waals surface area contributed by atoms with Crippen molar-refractivity contribution in [3.8, 4) is 0 Å². The Morgan fingerprint density at radius 1 is 1.53 bits per heavy atom. The molecular formula is C11H12ClFO2. The van der Waals surface area contributed by atoms with Gasteiger partial charge in [-0.05, 0) is 24.6 Å². The van der Waals surface area contributed by atoms with Crippen LogP contribution in [0.4, 0.5) is 4.39 Å². The summed E-state index contributed by atoms with van der Waals surface area (Å²) in [6.45, 7) is 2.35. The standard InChI is InChI=1S/C11H12ClFO2/c1-2-5-15-7-11(14)9-4-3-8(12)6-10(9)13/h3-4,6H,2,5,7H2,1H3. The van der Waals surface area contributed by atoms with Crippen LogP contribution in [0.2, 0.25) is 5.02 Å². The molecule has 82 valence electrons. The van der Waals surface area contributed by atoms with Crippen molar-refractivity contribution in [2.45, 2.75) is 13.3 Å². The Balaban J connectivity index is 2.65. The topological polar surface area (TPSA) is 26.3 Å². The van der Waals surface area contributed by atoms with Gasteiger partial charge in [-0.1, -0.05) is 18.5 Å². The zero-order valence-corrected chi connectivity index (χ0v) is 9.18. The molecular weight excluding hydrogens is 219 g/mol. The highest BCUT2D eigenvalue weighted by Gasteiger charge is 2.11. The van der Waals surface area contributed by atoms with E-state index in [0.717, 1.165) is 12.5 Å². The van der Waals surface area contributed by atoms with E-state index >= 15 is 0 Å². The second kappa shape index (κ2) is 5.83. The lowest BCUT2D eigenvalue weighted by atomic mass is 10.1. The Bertz CT molecular complexity index is 352. The van der Waals surface area contributed by atoms with Gasteiger partial charge in [0.1, 0.15) is 12.4 Å². The number of ketones is 1. The molecule has 0 heterocycles. The van der Waals surface area contributed by atoms with Crippen LogP contribution in [0.3, 0.4) is 0 Å². The van der Waals surface area contributed by atoms with E-state index in [4.69, 9.17) is 16.3 Å². The van der Waals surface area contributed by atoms with Gasteiger partial charge in [-0.3, -0.25) is 4.79 Å². The SMILES string of the molecule is CCCOCC(=O)c1ccc(Cl)cc1F. The highest BCUT2D eigenvalue weighted by Crippen LogP contribution is 2.15. The molecule has 0 bridgehead atoms. The Hall–Kier alpha value is -0.930. The van der Waals surface area contributed by atoms with E-state index in [1.807, 2.05) is 6.92 Å². The maximum atomic E-state index is 13.2. The van der Waals surface area contributed by atoms with Gasteiger partial charge in [0.25, 0.3) is 0 Å². The summed E-state index contributed by atoms with van der Waals surface area (Å²) in [6, 6.07) is 3.97. The molecule has 1 aromatic carbocycles. The highest BCUT2D eigenvalue weighted by molar-refractivity contribution is 6.30. The van der Waals surface area contributed by atoms with Crippen LogP contribution >= 0.6 is 11.6 Å². The lowest BCUT2D eigenvalue weighted by molar-refractivity contribution is 0.0757. The molecule has 0 atom stereocenters. The summed E-state index contributed by atoms with van der Waals surface area (Å²) in [5.74, 6) is -0.967. The molecule has 0 unspecified atom stereocenters. The third-order valence-electron chi connectivity index (χ3n) is 1.81. The van der Waals surface area contributed by atoms with Gasteiger partial charge >= 0.3 is 0 Å². The van der Waals surface area contributed by atoms with E-state index in [2.05, 4.69) is 0 Å². The number of carbonyl (C=O) groups is 1. The third kappa shape index (κ3) is 3.61. The van der Waals surface area contributed by atoms with Gasteiger partial charge in [-0.2, -0.15) is 0 Å². The van der Waals surface area contributed by atoms with Crippen LogP contribution in [0.25, 0.3) is 0 Å². The van der Waals surface area contributed by atoms with Crippen molar-refractivity contribution >= 4 is 17.4 Å². The first-order valence-electron chi connectivity index (χ1n) is 4.71. The van der Waals surface area contributed by atoms with E-state index in [1.165, 1.54) is 12.1 Å². The molecule has 1 aromatic rings. The molecule has 0 aliphatic heterocycles. The summed E-state index contributed by atoms with van der Waals surface area (Å²) in [6.07, 6.45) is 0.830.